The summed E-state index contributed by atoms with van der Waals surface area (Å²) in [5, 5.41) is 6.47. The molecule has 5 rings (SSSR count). The lowest BCUT2D eigenvalue weighted by Crippen LogP contribution is -2.45. The third kappa shape index (κ3) is 3.85. The quantitative estimate of drug-likeness (QED) is 0.618. The van der Waals surface area contributed by atoms with Crippen LogP contribution in [0.15, 0.2) is 65.8 Å². The van der Waals surface area contributed by atoms with E-state index in [4.69, 9.17) is 14.6 Å². The molecule has 1 amide bonds. The van der Waals surface area contributed by atoms with Crippen LogP contribution in [0.2, 0.25) is 0 Å². The number of fused-ring (bicyclic) bond motifs is 1. The number of anilines is 1. The van der Waals surface area contributed by atoms with Gasteiger partial charge in [0, 0.05) is 11.5 Å². The van der Waals surface area contributed by atoms with Gasteiger partial charge in [-0.25, -0.2) is 5.01 Å². The second kappa shape index (κ2) is 8.58. The summed E-state index contributed by atoms with van der Waals surface area (Å²) in [7, 11) is 1.67. The fourth-order valence-electron chi connectivity index (χ4n) is 4.92. The van der Waals surface area contributed by atoms with Gasteiger partial charge in [-0.3, -0.25) is 4.79 Å². The summed E-state index contributed by atoms with van der Waals surface area (Å²) in [6.45, 7) is 0. The van der Waals surface area contributed by atoms with Crippen molar-refractivity contribution in [3.05, 3.63) is 66.2 Å². The van der Waals surface area contributed by atoms with Crippen LogP contribution in [-0.4, -0.2) is 24.8 Å². The van der Waals surface area contributed by atoms with Crippen molar-refractivity contribution in [2.45, 2.75) is 44.6 Å². The summed E-state index contributed by atoms with van der Waals surface area (Å²) in [5.41, 5.74) is 2.73. The zero-order chi connectivity index (χ0) is 21.2. The highest BCUT2D eigenvalue weighted by atomic mass is 16.5. The Hall–Kier alpha value is -3.08. The van der Waals surface area contributed by atoms with E-state index in [1.807, 2.05) is 48.5 Å². The number of hydrazone groups is 1. The van der Waals surface area contributed by atoms with E-state index >= 15 is 0 Å². The van der Waals surface area contributed by atoms with Crippen LogP contribution in [0, 0.1) is 11.8 Å². The molecule has 0 radical (unpaired) electrons. The van der Waals surface area contributed by atoms with Gasteiger partial charge in [-0.15, -0.1) is 0 Å². The molecule has 0 saturated heterocycles. The topological polar surface area (TPSA) is 51.1 Å². The first-order valence-electron chi connectivity index (χ1n) is 11.2. The number of carbonyl (C=O) groups is 1. The largest absolute Gasteiger partial charge is 0.493 e. The minimum absolute atomic E-state index is 0.0697. The van der Waals surface area contributed by atoms with Gasteiger partial charge in [-0.05, 0) is 68.9 Å². The molecule has 5 nitrogen and oxygen atoms in total. The van der Waals surface area contributed by atoms with Gasteiger partial charge in [0.1, 0.15) is 0 Å². The van der Waals surface area contributed by atoms with Crippen molar-refractivity contribution in [3.8, 4) is 11.5 Å². The molecule has 1 aliphatic heterocycles. The molecule has 2 aromatic carbocycles. The van der Waals surface area contributed by atoms with E-state index in [1.54, 1.807) is 12.1 Å². The molecule has 0 N–H and O–H groups in total. The Balaban J connectivity index is 1.56. The molecule has 160 valence electrons. The molecule has 2 unspecified atom stereocenters. The number of ether oxygens (including phenoxy) is 2. The maximum absolute atomic E-state index is 13.3. The van der Waals surface area contributed by atoms with E-state index in [-0.39, 0.29) is 23.8 Å². The lowest BCUT2D eigenvalue weighted by atomic mass is 9.76. The molecular weight excluding hydrogens is 388 g/mol. The van der Waals surface area contributed by atoms with Gasteiger partial charge in [-0.1, -0.05) is 30.4 Å². The van der Waals surface area contributed by atoms with Crippen LogP contribution in [0.25, 0.3) is 0 Å². The Morgan fingerprint density at radius 2 is 1.68 bits per heavy atom. The summed E-state index contributed by atoms with van der Waals surface area (Å²) in [6, 6.07) is 15.7. The fraction of sp³-hybridized carbons (Fsp3) is 0.385. The van der Waals surface area contributed by atoms with Crippen LogP contribution in [0.1, 0.15) is 44.1 Å². The number of hydrogen-bond acceptors (Lipinski definition) is 4. The monoisotopic (exact) mass is 416 g/mol. The average Bonchev–Trinajstić information content (AvgIpc) is 3.33. The van der Waals surface area contributed by atoms with Crippen molar-refractivity contribution in [2.75, 3.05) is 12.1 Å². The molecule has 5 heteroatoms. The van der Waals surface area contributed by atoms with Gasteiger partial charge in [0.15, 0.2) is 11.5 Å². The van der Waals surface area contributed by atoms with Crippen molar-refractivity contribution in [1.82, 2.24) is 0 Å². The molecule has 0 aromatic heterocycles. The Labute approximate surface area is 183 Å². The molecule has 0 bridgehead atoms. The molecule has 0 spiro atoms. The summed E-state index contributed by atoms with van der Waals surface area (Å²) in [5.74, 6) is 1.55. The minimum atomic E-state index is -0.0981. The zero-order valence-electron chi connectivity index (χ0n) is 17.9. The number of allylic oxidation sites excluding steroid dienone is 2. The number of rotatable bonds is 5. The normalized spacial score (nSPS) is 23.5. The van der Waals surface area contributed by atoms with Crippen LogP contribution < -0.4 is 14.5 Å². The standard InChI is InChI=1S/C26H28N2O3/c1-30-23-16-15-18(17-24(23)31-20-11-5-6-12-20)25-21-13-7-8-14-22(21)26(29)28(27-25)19-9-3-2-4-10-19/h2-4,7-10,15-17,20-22H,5-6,11-14H2,1H3. The first-order valence-corrected chi connectivity index (χ1v) is 11.2. The molecule has 31 heavy (non-hydrogen) atoms. The molecule has 2 atom stereocenters. The van der Waals surface area contributed by atoms with Crippen molar-refractivity contribution in [2.24, 2.45) is 16.9 Å². The van der Waals surface area contributed by atoms with E-state index < -0.39 is 0 Å². The number of para-hydroxylation sites is 1. The third-order valence-electron chi connectivity index (χ3n) is 6.57. The van der Waals surface area contributed by atoms with Crippen LogP contribution in [0.4, 0.5) is 5.69 Å². The molecule has 1 heterocycles. The molecular formula is C26H28N2O3. The van der Waals surface area contributed by atoms with E-state index in [0.29, 0.717) is 0 Å². The van der Waals surface area contributed by atoms with Crippen molar-refractivity contribution < 1.29 is 14.3 Å². The minimum Gasteiger partial charge on any atom is -0.493 e. The van der Waals surface area contributed by atoms with Gasteiger partial charge >= 0.3 is 0 Å². The van der Waals surface area contributed by atoms with Crippen LogP contribution in [0.5, 0.6) is 11.5 Å². The highest BCUT2D eigenvalue weighted by Crippen LogP contribution is 2.39. The Kier molecular flexibility index (Phi) is 5.49. The van der Waals surface area contributed by atoms with Gasteiger partial charge < -0.3 is 9.47 Å². The molecule has 3 aliphatic rings. The van der Waals surface area contributed by atoms with Crippen LogP contribution in [-0.2, 0) is 4.79 Å². The number of benzene rings is 2. The maximum atomic E-state index is 13.3. The van der Waals surface area contributed by atoms with Crippen LogP contribution >= 0.6 is 0 Å². The number of hydrogen-bond donors (Lipinski definition) is 0. The number of nitrogens with zero attached hydrogens (tertiary/aromatic N) is 2. The van der Waals surface area contributed by atoms with Gasteiger partial charge in [0.2, 0.25) is 0 Å². The summed E-state index contributed by atoms with van der Waals surface area (Å²) < 4.78 is 11.9. The zero-order valence-corrected chi connectivity index (χ0v) is 17.9. The lowest BCUT2D eigenvalue weighted by molar-refractivity contribution is -0.123. The maximum Gasteiger partial charge on any atom is 0.251 e. The second-order valence-corrected chi connectivity index (χ2v) is 8.52. The first-order chi connectivity index (χ1) is 15.2. The highest BCUT2D eigenvalue weighted by Gasteiger charge is 2.40. The number of amides is 1. The predicted octanol–water partition coefficient (Wildman–Crippen LogP) is 5.35. The number of carbonyl (C=O) groups excluding carboxylic acids is 1. The predicted molar refractivity (Wildman–Crippen MR) is 122 cm³/mol. The van der Waals surface area contributed by atoms with E-state index in [1.165, 1.54) is 12.8 Å². The molecule has 2 aliphatic carbocycles. The summed E-state index contributed by atoms with van der Waals surface area (Å²) in [4.78, 5) is 13.3. The van der Waals surface area contributed by atoms with Gasteiger partial charge in [0.25, 0.3) is 5.91 Å². The van der Waals surface area contributed by atoms with E-state index in [2.05, 4.69) is 12.2 Å². The van der Waals surface area contributed by atoms with E-state index in [0.717, 1.165) is 54.1 Å². The lowest BCUT2D eigenvalue weighted by Gasteiger charge is -2.37. The average molecular weight is 417 g/mol. The molecule has 1 fully saturated rings. The Morgan fingerprint density at radius 3 is 2.42 bits per heavy atom. The summed E-state index contributed by atoms with van der Waals surface area (Å²) in [6.07, 6.45) is 10.7. The SMILES string of the molecule is COc1ccc(C2=NN(c3ccccc3)C(=O)C3CC=CCC23)cc1OC1CCCC1. The van der Waals surface area contributed by atoms with Gasteiger partial charge in [-0.2, -0.15) is 5.10 Å². The van der Waals surface area contributed by atoms with Gasteiger partial charge in [0.05, 0.1) is 30.5 Å². The fourth-order valence-corrected chi connectivity index (χ4v) is 4.92. The number of methoxy groups -OCH3 is 1. The smallest absolute Gasteiger partial charge is 0.251 e. The van der Waals surface area contributed by atoms with E-state index in [9.17, 15) is 4.79 Å². The molecule has 2 aromatic rings. The first kappa shape index (κ1) is 19.9. The molecule has 1 saturated carbocycles. The Bertz CT molecular complexity index is 1010. The second-order valence-electron chi connectivity index (χ2n) is 8.52. The van der Waals surface area contributed by atoms with Crippen molar-refractivity contribution in [1.29, 1.82) is 0 Å². The summed E-state index contributed by atoms with van der Waals surface area (Å²) >= 11 is 0. The van der Waals surface area contributed by atoms with Crippen LogP contribution in [0.3, 0.4) is 0 Å². The Morgan fingerprint density at radius 1 is 0.935 bits per heavy atom. The van der Waals surface area contributed by atoms with Crippen molar-refractivity contribution in [3.63, 3.8) is 0 Å². The third-order valence-corrected chi connectivity index (χ3v) is 6.57. The van der Waals surface area contributed by atoms with Crippen molar-refractivity contribution >= 4 is 17.3 Å². The highest BCUT2D eigenvalue weighted by molar-refractivity contribution is 6.11.